The van der Waals surface area contributed by atoms with Gasteiger partial charge >= 0.3 is 11.9 Å². The molecule has 0 fully saturated rings. The van der Waals surface area contributed by atoms with E-state index in [-0.39, 0.29) is 28.9 Å². The zero-order valence-corrected chi connectivity index (χ0v) is 23.8. The van der Waals surface area contributed by atoms with Gasteiger partial charge in [-0.2, -0.15) is 0 Å². The number of carbonyl (C=O) groups is 2. The predicted octanol–water partition coefficient (Wildman–Crippen LogP) is 8.57. The number of ether oxygens (including phenoxy) is 2. The van der Waals surface area contributed by atoms with Crippen molar-refractivity contribution in [3.63, 3.8) is 0 Å². The Labute approximate surface area is 223 Å². The molecular weight excluding hydrogens is 460 g/mol. The van der Waals surface area contributed by atoms with Crippen LogP contribution in [0.2, 0.25) is 0 Å². The lowest BCUT2D eigenvalue weighted by Gasteiger charge is -2.42. The number of hydrogen-bond donors (Lipinski definition) is 0. The summed E-state index contributed by atoms with van der Waals surface area (Å²) in [5, 5.41) is 0. The van der Waals surface area contributed by atoms with Crippen LogP contribution in [0.5, 0.6) is 0 Å². The number of carbonyl (C=O) groups excluding carboxylic acids is 2. The number of hydrogen-bond acceptors (Lipinski definition) is 4. The molecule has 0 aromatic heterocycles. The first kappa shape index (κ1) is 28.7. The second-order valence-electron chi connectivity index (χ2n) is 11.6. The van der Waals surface area contributed by atoms with Crippen LogP contribution >= 0.6 is 0 Å². The highest BCUT2D eigenvalue weighted by Crippen LogP contribution is 2.48. The van der Waals surface area contributed by atoms with Gasteiger partial charge in [-0.25, -0.2) is 4.79 Å². The Morgan fingerprint density at radius 2 is 1.54 bits per heavy atom. The minimum atomic E-state index is -0.309. The normalized spacial score (nSPS) is 16.7. The van der Waals surface area contributed by atoms with Crippen LogP contribution in [0.1, 0.15) is 131 Å². The molecule has 0 spiro atoms. The van der Waals surface area contributed by atoms with E-state index in [4.69, 9.17) is 9.47 Å². The molecule has 1 atom stereocenters. The van der Waals surface area contributed by atoms with Gasteiger partial charge in [-0.05, 0) is 83.4 Å². The van der Waals surface area contributed by atoms with Gasteiger partial charge in [0.15, 0.2) is 0 Å². The fourth-order valence-electron chi connectivity index (χ4n) is 5.26. The van der Waals surface area contributed by atoms with E-state index in [1.54, 1.807) is 19.1 Å². The first-order chi connectivity index (χ1) is 17.5. The van der Waals surface area contributed by atoms with Gasteiger partial charge < -0.3 is 9.47 Å². The average molecular weight is 505 g/mol. The first-order valence-electron chi connectivity index (χ1n) is 13.8. The van der Waals surface area contributed by atoms with E-state index in [0.717, 1.165) is 55.2 Å². The van der Waals surface area contributed by atoms with Crippen molar-refractivity contribution in [2.75, 3.05) is 6.61 Å². The van der Waals surface area contributed by atoms with Crippen LogP contribution in [-0.2, 0) is 25.1 Å². The standard InChI is InChI=1S/C33H44O4/c1-8-10-11-12-30(37-23(3)34)27-22-29-28(32(4,5)19-20-33(29,6)7)21-26(27)18-15-24-13-16-25(17-14-24)31(35)36-9-2/h13-18,21-22,30H,8-12,19-20H2,1-7H3/b18-15+. The molecule has 1 unspecified atom stereocenters. The Morgan fingerprint density at radius 3 is 2.11 bits per heavy atom. The molecule has 1 aliphatic carbocycles. The number of rotatable bonds is 10. The maximum atomic E-state index is 12.1. The SMILES string of the molecule is CCCCCC(OC(C)=O)c1cc2c(cc1/C=C/c1ccc(C(=O)OCC)cc1)C(C)(C)CCC2(C)C. The van der Waals surface area contributed by atoms with Gasteiger partial charge in [-0.3, -0.25) is 4.79 Å². The number of benzene rings is 2. The summed E-state index contributed by atoms with van der Waals surface area (Å²) in [6.07, 6.45) is 10.2. The summed E-state index contributed by atoms with van der Waals surface area (Å²) in [5.74, 6) is -0.556. The molecule has 4 heteroatoms. The van der Waals surface area contributed by atoms with Crippen molar-refractivity contribution < 1.29 is 19.1 Å². The highest BCUT2D eigenvalue weighted by molar-refractivity contribution is 5.89. The molecule has 0 saturated carbocycles. The molecule has 2 aromatic rings. The molecular formula is C33H44O4. The van der Waals surface area contributed by atoms with Crippen LogP contribution in [-0.4, -0.2) is 18.5 Å². The van der Waals surface area contributed by atoms with Gasteiger partial charge in [0.05, 0.1) is 12.2 Å². The number of esters is 2. The van der Waals surface area contributed by atoms with E-state index in [9.17, 15) is 9.59 Å². The average Bonchev–Trinajstić information content (AvgIpc) is 2.85. The van der Waals surface area contributed by atoms with Crippen molar-refractivity contribution in [2.24, 2.45) is 0 Å². The van der Waals surface area contributed by atoms with Crippen molar-refractivity contribution in [3.05, 3.63) is 69.8 Å². The Balaban J connectivity index is 2.08. The molecule has 2 aromatic carbocycles. The minimum Gasteiger partial charge on any atom is -0.462 e. The van der Waals surface area contributed by atoms with Gasteiger partial charge in [0, 0.05) is 6.92 Å². The first-order valence-corrected chi connectivity index (χ1v) is 13.8. The molecule has 3 rings (SSSR count). The topological polar surface area (TPSA) is 52.6 Å². The summed E-state index contributed by atoms with van der Waals surface area (Å²) < 4.78 is 11.0. The van der Waals surface area contributed by atoms with Crippen LogP contribution in [0.4, 0.5) is 0 Å². The fraction of sp³-hybridized carbons (Fsp3) is 0.515. The molecule has 1 aliphatic rings. The molecule has 0 amide bonds. The lowest BCUT2D eigenvalue weighted by atomic mass is 9.62. The van der Waals surface area contributed by atoms with Crippen molar-refractivity contribution in [1.29, 1.82) is 0 Å². The second kappa shape index (κ2) is 12.1. The third-order valence-electron chi connectivity index (χ3n) is 7.66. The molecule has 0 radical (unpaired) electrons. The van der Waals surface area contributed by atoms with Crippen LogP contribution in [0.3, 0.4) is 0 Å². The van der Waals surface area contributed by atoms with Gasteiger partial charge in [0.1, 0.15) is 6.10 Å². The third kappa shape index (κ3) is 7.12. The smallest absolute Gasteiger partial charge is 0.338 e. The predicted molar refractivity (Wildman–Crippen MR) is 152 cm³/mol. The summed E-state index contributed by atoms with van der Waals surface area (Å²) in [4.78, 5) is 24.1. The fourth-order valence-corrected chi connectivity index (χ4v) is 5.26. The van der Waals surface area contributed by atoms with Gasteiger partial charge in [0.25, 0.3) is 0 Å². The number of fused-ring (bicyclic) bond motifs is 1. The van der Waals surface area contributed by atoms with Crippen LogP contribution in [0.15, 0.2) is 36.4 Å². The maximum absolute atomic E-state index is 12.1. The molecule has 0 aliphatic heterocycles. The van der Waals surface area contributed by atoms with Gasteiger partial charge in [0.2, 0.25) is 0 Å². The Kier molecular flexibility index (Phi) is 9.39. The summed E-state index contributed by atoms with van der Waals surface area (Å²) in [6, 6.07) is 12.1. The van der Waals surface area contributed by atoms with E-state index < -0.39 is 0 Å². The second-order valence-corrected chi connectivity index (χ2v) is 11.6. The largest absolute Gasteiger partial charge is 0.462 e. The third-order valence-corrected chi connectivity index (χ3v) is 7.66. The van der Waals surface area contributed by atoms with E-state index >= 15 is 0 Å². The molecule has 0 N–H and O–H groups in total. The van der Waals surface area contributed by atoms with Crippen molar-refractivity contribution in [3.8, 4) is 0 Å². The molecule has 0 heterocycles. The molecule has 0 saturated heterocycles. The monoisotopic (exact) mass is 504 g/mol. The Hall–Kier alpha value is -2.88. The summed E-state index contributed by atoms with van der Waals surface area (Å²) >= 11 is 0. The van der Waals surface area contributed by atoms with Gasteiger partial charge in [-0.15, -0.1) is 0 Å². The molecule has 4 nitrogen and oxygen atoms in total. The maximum Gasteiger partial charge on any atom is 0.338 e. The summed E-state index contributed by atoms with van der Waals surface area (Å²) in [5.41, 5.74) is 6.58. The lowest BCUT2D eigenvalue weighted by molar-refractivity contribution is -0.147. The van der Waals surface area contributed by atoms with Crippen LogP contribution in [0, 0.1) is 0 Å². The molecule has 200 valence electrons. The van der Waals surface area contributed by atoms with Crippen LogP contribution in [0.25, 0.3) is 12.2 Å². The van der Waals surface area contributed by atoms with E-state index in [1.807, 2.05) is 12.1 Å². The van der Waals surface area contributed by atoms with Crippen molar-refractivity contribution in [1.82, 2.24) is 0 Å². The minimum absolute atomic E-state index is 0.0645. The molecule has 0 bridgehead atoms. The zero-order valence-electron chi connectivity index (χ0n) is 23.8. The summed E-state index contributed by atoms with van der Waals surface area (Å²) in [6.45, 7) is 15.1. The number of unbranched alkanes of at least 4 members (excludes halogenated alkanes) is 2. The van der Waals surface area contributed by atoms with E-state index in [2.05, 4.69) is 58.9 Å². The lowest BCUT2D eigenvalue weighted by Crippen LogP contribution is -2.34. The highest BCUT2D eigenvalue weighted by Gasteiger charge is 2.38. The van der Waals surface area contributed by atoms with Crippen molar-refractivity contribution in [2.45, 2.75) is 104 Å². The van der Waals surface area contributed by atoms with Crippen LogP contribution < -0.4 is 0 Å². The Bertz CT molecular complexity index is 1120. The molecule has 37 heavy (non-hydrogen) atoms. The zero-order chi connectivity index (χ0) is 27.2. The van der Waals surface area contributed by atoms with E-state index in [0.29, 0.717) is 12.2 Å². The van der Waals surface area contributed by atoms with Gasteiger partial charge in [-0.1, -0.05) is 83.9 Å². The van der Waals surface area contributed by atoms with Crippen molar-refractivity contribution >= 4 is 24.1 Å². The summed E-state index contributed by atoms with van der Waals surface area (Å²) in [7, 11) is 0. The Morgan fingerprint density at radius 1 is 0.919 bits per heavy atom. The van der Waals surface area contributed by atoms with E-state index in [1.165, 1.54) is 18.1 Å². The quantitative estimate of drug-likeness (QED) is 0.185. The highest BCUT2D eigenvalue weighted by atomic mass is 16.5.